The molecule has 0 bridgehead atoms. The molecule has 5 heteroatoms. The minimum Gasteiger partial charge on any atom is -0.465 e. The normalized spacial score (nSPS) is 15.7. The van der Waals surface area contributed by atoms with Crippen LogP contribution in [-0.4, -0.2) is 39.4 Å². The maximum absolute atomic E-state index is 11.5. The minimum atomic E-state index is -0.348. The van der Waals surface area contributed by atoms with Crippen molar-refractivity contribution in [1.82, 2.24) is 0 Å². The fraction of sp³-hybridized carbons (Fsp3) is 0.417. The predicted molar refractivity (Wildman–Crippen MR) is 65.2 cm³/mol. The van der Waals surface area contributed by atoms with Crippen molar-refractivity contribution < 1.29 is 14.3 Å². The number of methoxy groups -OCH3 is 1. The summed E-state index contributed by atoms with van der Waals surface area (Å²) in [5.74, 6) is -0.348. The van der Waals surface area contributed by atoms with E-state index < -0.39 is 0 Å². The number of anilines is 2. The molecule has 0 radical (unpaired) electrons. The van der Waals surface area contributed by atoms with Crippen molar-refractivity contribution in [3.8, 4) is 0 Å². The van der Waals surface area contributed by atoms with E-state index in [0.717, 1.165) is 18.8 Å². The summed E-state index contributed by atoms with van der Waals surface area (Å²) in [7, 11) is 1.37. The zero-order chi connectivity index (χ0) is 12.3. The highest BCUT2D eigenvalue weighted by Crippen LogP contribution is 2.25. The number of nitrogens with two attached hydrogens (primary N) is 1. The fourth-order valence-corrected chi connectivity index (χ4v) is 1.87. The standard InChI is InChI=1S/C12H16N2O3/c1-16-12(15)9-2-3-10(13)11(8-9)14-4-6-17-7-5-14/h2-3,8H,4-7,13H2,1H3. The van der Waals surface area contributed by atoms with Crippen molar-refractivity contribution in [2.45, 2.75) is 0 Å². The molecule has 2 N–H and O–H groups in total. The second kappa shape index (κ2) is 5.05. The summed E-state index contributed by atoms with van der Waals surface area (Å²) < 4.78 is 9.98. The van der Waals surface area contributed by atoms with Crippen LogP contribution in [0.5, 0.6) is 0 Å². The van der Waals surface area contributed by atoms with E-state index in [4.69, 9.17) is 15.2 Å². The van der Waals surface area contributed by atoms with Crippen molar-refractivity contribution in [3.63, 3.8) is 0 Å². The van der Waals surface area contributed by atoms with Gasteiger partial charge in [-0.05, 0) is 18.2 Å². The number of rotatable bonds is 2. The van der Waals surface area contributed by atoms with E-state index in [1.807, 2.05) is 0 Å². The monoisotopic (exact) mass is 236 g/mol. The second-order valence-electron chi connectivity index (χ2n) is 3.86. The van der Waals surface area contributed by atoms with Gasteiger partial charge in [-0.1, -0.05) is 0 Å². The first kappa shape index (κ1) is 11.7. The van der Waals surface area contributed by atoms with Crippen molar-refractivity contribution in [3.05, 3.63) is 23.8 Å². The number of benzene rings is 1. The Bertz CT molecular complexity index is 414. The Hall–Kier alpha value is -1.75. The molecule has 1 aromatic carbocycles. The van der Waals surface area contributed by atoms with E-state index >= 15 is 0 Å². The number of esters is 1. The van der Waals surface area contributed by atoms with Crippen LogP contribution in [0, 0.1) is 0 Å². The van der Waals surface area contributed by atoms with Gasteiger partial charge in [-0.15, -0.1) is 0 Å². The number of nitrogens with zero attached hydrogens (tertiary/aromatic N) is 1. The Morgan fingerprint density at radius 2 is 2.12 bits per heavy atom. The number of ether oxygens (including phenoxy) is 2. The highest BCUT2D eigenvalue weighted by atomic mass is 16.5. The first-order chi connectivity index (χ1) is 8.22. The number of morpholine rings is 1. The van der Waals surface area contributed by atoms with E-state index in [1.165, 1.54) is 7.11 Å². The quantitative estimate of drug-likeness (QED) is 0.610. The number of hydrogen-bond acceptors (Lipinski definition) is 5. The Balaban J connectivity index is 2.28. The molecule has 1 heterocycles. The maximum Gasteiger partial charge on any atom is 0.337 e. The Kier molecular flexibility index (Phi) is 3.49. The largest absolute Gasteiger partial charge is 0.465 e. The summed E-state index contributed by atoms with van der Waals surface area (Å²) in [5.41, 5.74) is 7.98. The third-order valence-corrected chi connectivity index (χ3v) is 2.80. The molecule has 5 nitrogen and oxygen atoms in total. The van der Waals surface area contributed by atoms with Crippen LogP contribution in [0.25, 0.3) is 0 Å². The van der Waals surface area contributed by atoms with Gasteiger partial charge in [-0.3, -0.25) is 0 Å². The molecule has 17 heavy (non-hydrogen) atoms. The van der Waals surface area contributed by atoms with Crippen molar-refractivity contribution >= 4 is 17.3 Å². The predicted octanol–water partition coefficient (Wildman–Crippen LogP) is 0.892. The van der Waals surface area contributed by atoms with Crippen molar-refractivity contribution in [2.24, 2.45) is 0 Å². The average molecular weight is 236 g/mol. The highest BCUT2D eigenvalue weighted by molar-refractivity contribution is 5.92. The van der Waals surface area contributed by atoms with Crippen LogP contribution < -0.4 is 10.6 Å². The van der Waals surface area contributed by atoms with Crippen molar-refractivity contribution in [2.75, 3.05) is 44.0 Å². The summed E-state index contributed by atoms with van der Waals surface area (Å²) in [4.78, 5) is 13.6. The molecular weight excluding hydrogens is 220 g/mol. The third-order valence-electron chi connectivity index (χ3n) is 2.80. The first-order valence-electron chi connectivity index (χ1n) is 5.53. The maximum atomic E-state index is 11.5. The lowest BCUT2D eigenvalue weighted by Crippen LogP contribution is -2.36. The van der Waals surface area contributed by atoms with Gasteiger partial charge in [0.1, 0.15) is 0 Å². The van der Waals surface area contributed by atoms with Gasteiger partial charge >= 0.3 is 5.97 Å². The van der Waals surface area contributed by atoms with Gasteiger partial charge in [0.25, 0.3) is 0 Å². The van der Waals surface area contributed by atoms with Gasteiger partial charge in [0.15, 0.2) is 0 Å². The summed E-state index contributed by atoms with van der Waals surface area (Å²) in [6, 6.07) is 5.18. The summed E-state index contributed by atoms with van der Waals surface area (Å²) in [6.07, 6.45) is 0. The van der Waals surface area contributed by atoms with Crippen LogP contribution >= 0.6 is 0 Å². The molecule has 0 saturated carbocycles. The number of carbonyl (C=O) groups excluding carboxylic acids is 1. The van der Waals surface area contributed by atoms with Crippen LogP contribution in [0.4, 0.5) is 11.4 Å². The lowest BCUT2D eigenvalue weighted by atomic mass is 10.1. The lowest BCUT2D eigenvalue weighted by Gasteiger charge is -2.30. The van der Waals surface area contributed by atoms with Gasteiger partial charge in [0.05, 0.1) is 37.3 Å². The van der Waals surface area contributed by atoms with E-state index in [-0.39, 0.29) is 5.97 Å². The third kappa shape index (κ3) is 2.50. The molecule has 0 aromatic heterocycles. The van der Waals surface area contributed by atoms with Gasteiger partial charge < -0.3 is 20.1 Å². The Labute approximate surface area is 100 Å². The molecule has 0 amide bonds. The van der Waals surface area contributed by atoms with Crippen LogP contribution in [0.2, 0.25) is 0 Å². The fourth-order valence-electron chi connectivity index (χ4n) is 1.87. The lowest BCUT2D eigenvalue weighted by molar-refractivity contribution is 0.0601. The zero-order valence-electron chi connectivity index (χ0n) is 9.81. The number of nitrogen functional groups attached to an aromatic ring is 1. The van der Waals surface area contributed by atoms with Gasteiger partial charge in [-0.2, -0.15) is 0 Å². The minimum absolute atomic E-state index is 0.348. The van der Waals surface area contributed by atoms with E-state index in [0.29, 0.717) is 24.5 Å². The smallest absolute Gasteiger partial charge is 0.337 e. The molecule has 1 aliphatic rings. The summed E-state index contributed by atoms with van der Waals surface area (Å²) in [5, 5.41) is 0. The molecule has 1 saturated heterocycles. The summed E-state index contributed by atoms with van der Waals surface area (Å²) >= 11 is 0. The van der Waals surface area contributed by atoms with E-state index in [2.05, 4.69) is 4.90 Å². The van der Waals surface area contributed by atoms with Crippen LogP contribution in [0.1, 0.15) is 10.4 Å². The molecule has 1 aliphatic heterocycles. The molecule has 0 unspecified atom stereocenters. The topological polar surface area (TPSA) is 64.8 Å². The molecule has 0 spiro atoms. The van der Waals surface area contributed by atoms with Gasteiger partial charge in [0, 0.05) is 13.1 Å². The SMILES string of the molecule is COC(=O)c1ccc(N)c(N2CCOCC2)c1. The van der Waals surface area contributed by atoms with Gasteiger partial charge in [0.2, 0.25) is 0 Å². The molecule has 1 aromatic rings. The molecule has 0 aliphatic carbocycles. The number of hydrogen-bond donors (Lipinski definition) is 1. The molecule has 0 atom stereocenters. The van der Waals surface area contributed by atoms with E-state index in [9.17, 15) is 4.79 Å². The van der Waals surface area contributed by atoms with Crippen LogP contribution in [-0.2, 0) is 9.47 Å². The Morgan fingerprint density at radius 1 is 1.41 bits per heavy atom. The van der Waals surface area contributed by atoms with Gasteiger partial charge in [-0.25, -0.2) is 4.79 Å². The second-order valence-corrected chi connectivity index (χ2v) is 3.86. The van der Waals surface area contributed by atoms with Crippen LogP contribution in [0.3, 0.4) is 0 Å². The summed E-state index contributed by atoms with van der Waals surface area (Å²) in [6.45, 7) is 2.94. The molecular formula is C12H16N2O3. The molecule has 92 valence electrons. The molecule has 1 fully saturated rings. The highest BCUT2D eigenvalue weighted by Gasteiger charge is 2.16. The first-order valence-corrected chi connectivity index (χ1v) is 5.53. The van der Waals surface area contributed by atoms with Crippen molar-refractivity contribution in [1.29, 1.82) is 0 Å². The zero-order valence-corrected chi connectivity index (χ0v) is 9.81. The Morgan fingerprint density at radius 3 is 2.76 bits per heavy atom. The average Bonchev–Trinajstić information content (AvgIpc) is 2.39. The number of carbonyl (C=O) groups is 1. The van der Waals surface area contributed by atoms with E-state index in [1.54, 1.807) is 18.2 Å². The van der Waals surface area contributed by atoms with Crippen LogP contribution in [0.15, 0.2) is 18.2 Å². The molecule has 2 rings (SSSR count).